The third-order valence-electron chi connectivity index (χ3n) is 2.51. The predicted molar refractivity (Wildman–Crippen MR) is 74.0 cm³/mol. The molecule has 0 aliphatic carbocycles. The standard InChI is InChI=1S/C12H16N2O2S2/c1-14(8-3-9-17-2)18(15,16)12-6-4-11(10-13)5-7-12/h4-7H,3,8-9H2,1-2H3. The predicted octanol–water partition coefficient (Wildman–Crippen LogP) is 1.93. The highest BCUT2D eigenvalue weighted by Crippen LogP contribution is 2.15. The SMILES string of the molecule is CSCCCN(C)S(=O)(=O)c1ccc(C#N)cc1. The van der Waals surface area contributed by atoms with E-state index >= 15 is 0 Å². The summed E-state index contributed by atoms with van der Waals surface area (Å²) in [6, 6.07) is 7.94. The summed E-state index contributed by atoms with van der Waals surface area (Å²) in [4.78, 5) is 0.230. The lowest BCUT2D eigenvalue weighted by molar-refractivity contribution is 0.469. The fourth-order valence-corrected chi connectivity index (χ4v) is 3.06. The minimum atomic E-state index is -3.43. The Bertz CT molecular complexity index is 518. The Morgan fingerprint density at radius 3 is 2.44 bits per heavy atom. The molecule has 4 nitrogen and oxygen atoms in total. The lowest BCUT2D eigenvalue weighted by Gasteiger charge is -2.16. The molecule has 0 radical (unpaired) electrons. The van der Waals surface area contributed by atoms with Gasteiger partial charge in [0.05, 0.1) is 16.5 Å². The maximum Gasteiger partial charge on any atom is 0.242 e. The Hall–Kier alpha value is -1.03. The third-order valence-corrected chi connectivity index (χ3v) is 5.08. The van der Waals surface area contributed by atoms with Gasteiger partial charge in [-0.25, -0.2) is 12.7 Å². The number of nitriles is 1. The van der Waals surface area contributed by atoms with Crippen molar-refractivity contribution in [3.63, 3.8) is 0 Å². The summed E-state index contributed by atoms with van der Waals surface area (Å²) < 4.78 is 25.7. The number of hydrogen-bond donors (Lipinski definition) is 0. The molecule has 1 aromatic carbocycles. The zero-order valence-electron chi connectivity index (χ0n) is 10.5. The van der Waals surface area contributed by atoms with Crippen LogP contribution < -0.4 is 0 Å². The molecule has 0 spiro atoms. The van der Waals surface area contributed by atoms with E-state index in [4.69, 9.17) is 5.26 Å². The Balaban J connectivity index is 2.81. The van der Waals surface area contributed by atoms with E-state index in [1.54, 1.807) is 18.8 Å². The minimum Gasteiger partial charge on any atom is -0.207 e. The molecule has 0 bridgehead atoms. The Labute approximate surface area is 113 Å². The topological polar surface area (TPSA) is 61.2 Å². The summed E-state index contributed by atoms with van der Waals surface area (Å²) in [5.74, 6) is 0.938. The normalized spacial score (nSPS) is 11.4. The number of nitrogens with zero attached hydrogens (tertiary/aromatic N) is 2. The molecule has 0 unspecified atom stereocenters. The van der Waals surface area contributed by atoms with Crippen molar-refractivity contribution in [3.8, 4) is 6.07 Å². The summed E-state index contributed by atoms with van der Waals surface area (Å²) in [5, 5.41) is 8.67. The van der Waals surface area contributed by atoms with Crippen LogP contribution >= 0.6 is 11.8 Å². The molecule has 18 heavy (non-hydrogen) atoms. The molecule has 0 heterocycles. The largest absolute Gasteiger partial charge is 0.242 e. The molecule has 0 aromatic heterocycles. The van der Waals surface area contributed by atoms with E-state index in [-0.39, 0.29) is 4.90 Å². The lowest BCUT2D eigenvalue weighted by atomic mass is 10.2. The molecule has 1 aromatic rings. The summed E-state index contributed by atoms with van der Waals surface area (Å²) in [5.41, 5.74) is 0.457. The molecule has 0 amide bonds. The van der Waals surface area contributed by atoms with Crippen LogP contribution in [-0.2, 0) is 10.0 Å². The molecule has 0 aliphatic heterocycles. The number of hydrogen-bond acceptors (Lipinski definition) is 4. The Kier molecular flexibility index (Phi) is 5.66. The van der Waals surface area contributed by atoms with Crippen molar-refractivity contribution in [3.05, 3.63) is 29.8 Å². The van der Waals surface area contributed by atoms with E-state index in [0.29, 0.717) is 12.1 Å². The zero-order chi connectivity index (χ0) is 13.6. The van der Waals surface area contributed by atoms with Gasteiger partial charge in [0.15, 0.2) is 0 Å². The van der Waals surface area contributed by atoms with Gasteiger partial charge in [0.2, 0.25) is 10.0 Å². The van der Waals surface area contributed by atoms with E-state index in [1.807, 2.05) is 12.3 Å². The average Bonchev–Trinajstić information content (AvgIpc) is 2.39. The molecular weight excluding hydrogens is 268 g/mol. The van der Waals surface area contributed by atoms with Crippen LogP contribution in [0.25, 0.3) is 0 Å². The van der Waals surface area contributed by atoms with Crippen LogP contribution in [0.15, 0.2) is 29.2 Å². The van der Waals surface area contributed by atoms with Gasteiger partial charge >= 0.3 is 0 Å². The van der Waals surface area contributed by atoms with Crippen LogP contribution in [0.5, 0.6) is 0 Å². The van der Waals surface area contributed by atoms with E-state index < -0.39 is 10.0 Å². The molecule has 0 saturated carbocycles. The second kappa shape index (κ2) is 6.78. The quantitative estimate of drug-likeness (QED) is 0.749. The van der Waals surface area contributed by atoms with Gasteiger partial charge in [-0.15, -0.1) is 0 Å². The monoisotopic (exact) mass is 284 g/mol. The maximum absolute atomic E-state index is 12.2. The average molecular weight is 284 g/mol. The molecular formula is C12H16N2O2S2. The first-order valence-electron chi connectivity index (χ1n) is 5.48. The van der Waals surface area contributed by atoms with Crippen molar-refractivity contribution in [2.45, 2.75) is 11.3 Å². The zero-order valence-corrected chi connectivity index (χ0v) is 12.1. The highest BCUT2D eigenvalue weighted by atomic mass is 32.2. The summed E-state index contributed by atoms with van der Waals surface area (Å²) in [7, 11) is -1.85. The third kappa shape index (κ3) is 3.73. The molecule has 98 valence electrons. The number of rotatable bonds is 6. The van der Waals surface area contributed by atoms with Gasteiger partial charge in [-0.3, -0.25) is 0 Å². The number of thioether (sulfide) groups is 1. The van der Waals surface area contributed by atoms with Gasteiger partial charge in [0, 0.05) is 13.6 Å². The molecule has 0 saturated heterocycles. The van der Waals surface area contributed by atoms with Gasteiger partial charge in [0.1, 0.15) is 0 Å². The van der Waals surface area contributed by atoms with Crippen molar-refractivity contribution in [1.82, 2.24) is 4.31 Å². The van der Waals surface area contributed by atoms with Gasteiger partial charge in [-0.1, -0.05) is 0 Å². The first-order valence-corrected chi connectivity index (χ1v) is 8.31. The highest BCUT2D eigenvalue weighted by Gasteiger charge is 2.19. The van der Waals surface area contributed by atoms with Crippen molar-refractivity contribution in [2.75, 3.05) is 25.6 Å². The van der Waals surface area contributed by atoms with Crippen molar-refractivity contribution in [2.24, 2.45) is 0 Å². The molecule has 0 atom stereocenters. The smallest absolute Gasteiger partial charge is 0.207 e. The fraction of sp³-hybridized carbons (Fsp3) is 0.417. The second-order valence-corrected chi connectivity index (χ2v) is 6.84. The van der Waals surface area contributed by atoms with Crippen LogP contribution in [-0.4, -0.2) is 38.3 Å². The van der Waals surface area contributed by atoms with Gasteiger partial charge in [-0.05, 0) is 42.7 Å². The van der Waals surface area contributed by atoms with Crippen LogP contribution in [0.3, 0.4) is 0 Å². The van der Waals surface area contributed by atoms with Gasteiger partial charge < -0.3 is 0 Å². The van der Waals surface area contributed by atoms with Crippen LogP contribution in [0, 0.1) is 11.3 Å². The van der Waals surface area contributed by atoms with Gasteiger partial charge in [-0.2, -0.15) is 17.0 Å². The lowest BCUT2D eigenvalue weighted by Crippen LogP contribution is -2.28. The first kappa shape index (κ1) is 15.0. The number of benzene rings is 1. The number of sulfonamides is 1. The van der Waals surface area contributed by atoms with Crippen LogP contribution in [0.2, 0.25) is 0 Å². The molecule has 0 aliphatic rings. The summed E-state index contributed by atoms with van der Waals surface area (Å²) in [6.45, 7) is 0.503. The van der Waals surface area contributed by atoms with E-state index in [1.165, 1.54) is 28.6 Å². The highest BCUT2D eigenvalue weighted by molar-refractivity contribution is 7.98. The van der Waals surface area contributed by atoms with Crippen molar-refractivity contribution >= 4 is 21.8 Å². The maximum atomic E-state index is 12.2. The fourth-order valence-electron chi connectivity index (χ4n) is 1.43. The first-order chi connectivity index (χ1) is 8.52. The second-order valence-electron chi connectivity index (χ2n) is 3.81. The molecule has 6 heteroatoms. The minimum absolute atomic E-state index is 0.230. The van der Waals surface area contributed by atoms with E-state index in [2.05, 4.69) is 0 Å². The molecule has 0 N–H and O–H groups in total. The Morgan fingerprint density at radius 1 is 1.33 bits per heavy atom. The van der Waals surface area contributed by atoms with Crippen LogP contribution in [0.4, 0.5) is 0 Å². The van der Waals surface area contributed by atoms with Gasteiger partial charge in [0.25, 0.3) is 0 Å². The van der Waals surface area contributed by atoms with E-state index in [0.717, 1.165) is 12.2 Å². The Morgan fingerprint density at radius 2 is 1.94 bits per heavy atom. The summed E-state index contributed by atoms with van der Waals surface area (Å²) >= 11 is 1.70. The molecule has 0 fully saturated rings. The van der Waals surface area contributed by atoms with Crippen molar-refractivity contribution < 1.29 is 8.42 Å². The van der Waals surface area contributed by atoms with E-state index in [9.17, 15) is 8.42 Å². The summed E-state index contributed by atoms with van der Waals surface area (Å²) in [6.07, 6.45) is 2.82. The van der Waals surface area contributed by atoms with Crippen molar-refractivity contribution in [1.29, 1.82) is 5.26 Å². The van der Waals surface area contributed by atoms with Crippen LogP contribution in [0.1, 0.15) is 12.0 Å². The molecule has 1 rings (SSSR count).